The second kappa shape index (κ2) is 5.56. The van der Waals surface area contributed by atoms with Gasteiger partial charge in [0.1, 0.15) is 6.04 Å². The molecule has 7 N–H and O–H groups in total. The van der Waals surface area contributed by atoms with E-state index in [4.69, 9.17) is 10.8 Å². The largest absolute Gasteiger partial charge is 0.480 e. The number of quaternary nitrogens is 1. The summed E-state index contributed by atoms with van der Waals surface area (Å²) < 4.78 is 0. The summed E-state index contributed by atoms with van der Waals surface area (Å²) in [6.45, 7) is 4.21. The first-order valence-electron chi connectivity index (χ1n) is 3.77. The first-order chi connectivity index (χ1) is 5.54. The molecule has 12 heavy (non-hydrogen) atoms. The molecule has 0 fully saturated rings. The zero-order chi connectivity index (χ0) is 9.56. The van der Waals surface area contributed by atoms with Gasteiger partial charge in [-0.1, -0.05) is 0 Å². The smallest absolute Gasteiger partial charge is 0.320 e. The quantitative estimate of drug-likeness (QED) is 0.367. The fourth-order valence-corrected chi connectivity index (χ4v) is 0.711. The van der Waals surface area contributed by atoms with Gasteiger partial charge in [-0.15, -0.1) is 0 Å². The van der Waals surface area contributed by atoms with Gasteiger partial charge in [0.05, 0.1) is 0 Å². The SMILES string of the molecule is C=C([NH3+])NCCCC(N)C(=O)O. The second-order valence-electron chi connectivity index (χ2n) is 2.62. The average Bonchev–Trinajstić information content (AvgIpc) is 1.97. The third-order valence-electron chi connectivity index (χ3n) is 1.38. The van der Waals surface area contributed by atoms with Crippen LogP contribution in [-0.2, 0) is 4.79 Å². The monoisotopic (exact) mass is 174 g/mol. The van der Waals surface area contributed by atoms with Crippen LogP contribution in [0.5, 0.6) is 0 Å². The molecule has 5 heteroatoms. The summed E-state index contributed by atoms with van der Waals surface area (Å²) >= 11 is 0. The van der Waals surface area contributed by atoms with E-state index in [1.165, 1.54) is 0 Å². The van der Waals surface area contributed by atoms with Crippen LogP contribution in [0.4, 0.5) is 0 Å². The molecule has 0 aromatic carbocycles. The molecule has 0 aliphatic rings. The number of carbonyl (C=O) groups is 1. The number of carboxylic acids is 1. The van der Waals surface area contributed by atoms with Crippen molar-refractivity contribution in [2.75, 3.05) is 6.54 Å². The molecule has 0 saturated heterocycles. The van der Waals surface area contributed by atoms with Crippen LogP contribution < -0.4 is 16.8 Å². The van der Waals surface area contributed by atoms with Crippen LogP contribution in [0.25, 0.3) is 0 Å². The Hall–Kier alpha value is -1.07. The normalized spacial score (nSPS) is 12.2. The number of rotatable bonds is 6. The Bertz CT molecular complexity index is 170. The van der Waals surface area contributed by atoms with Crippen LogP contribution in [0.2, 0.25) is 0 Å². The Balaban J connectivity index is 3.31. The fourth-order valence-electron chi connectivity index (χ4n) is 0.711. The first-order valence-corrected chi connectivity index (χ1v) is 3.77. The number of carboxylic acid groups (broad SMARTS) is 1. The van der Waals surface area contributed by atoms with Crippen molar-refractivity contribution in [2.24, 2.45) is 5.73 Å². The lowest BCUT2D eigenvalue weighted by atomic mass is 10.2. The highest BCUT2D eigenvalue weighted by Gasteiger charge is 2.09. The number of hydrogen-bond donors (Lipinski definition) is 4. The minimum Gasteiger partial charge on any atom is -0.480 e. The first kappa shape index (κ1) is 10.9. The van der Waals surface area contributed by atoms with Gasteiger partial charge in [-0.25, -0.2) is 0 Å². The van der Waals surface area contributed by atoms with Crippen LogP contribution in [0.1, 0.15) is 12.8 Å². The third kappa shape index (κ3) is 5.70. The molecule has 0 aliphatic carbocycles. The third-order valence-corrected chi connectivity index (χ3v) is 1.38. The highest BCUT2D eigenvalue weighted by atomic mass is 16.4. The molecular formula is C7H16N3O2+. The van der Waals surface area contributed by atoms with E-state index >= 15 is 0 Å². The van der Waals surface area contributed by atoms with E-state index in [1.54, 1.807) is 0 Å². The Morgan fingerprint density at radius 2 is 2.33 bits per heavy atom. The summed E-state index contributed by atoms with van der Waals surface area (Å²) in [6.07, 6.45) is 1.18. The summed E-state index contributed by atoms with van der Waals surface area (Å²) in [5, 5.41) is 11.3. The summed E-state index contributed by atoms with van der Waals surface area (Å²) in [4.78, 5) is 10.3. The van der Waals surface area contributed by atoms with E-state index in [9.17, 15) is 4.79 Å². The van der Waals surface area contributed by atoms with Crippen LogP contribution in [-0.4, -0.2) is 23.7 Å². The maximum atomic E-state index is 10.3. The Kier molecular flexibility index (Phi) is 5.07. The van der Waals surface area contributed by atoms with E-state index in [2.05, 4.69) is 17.6 Å². The molecule has 0 amide bonds. The molecule has 0 radical (unpaired) electrons. The molecule has 70 valence electrons. The van der Waals surface area contributed by atoms with Crippen LogP contribution >= 0.6 is 0 Å². The number of nitrogens with one attached hydrogen (secondary N) is 1. The van der Waals surface area contributed by atoms with Gasteiger partial charge in [-0.3, -0.25) is 4.79 Å². The van der Waals surface area contributed by atoms with Gasteiger partial charge in [0, 0.05) is 6.54 Å². The van der Waals surface area contributed by atoms with Crippen molar-refractivity contribution in [2.45, 2.75) is 18.9 Å². The molecule has 0 aliphatic heterocycles. The zero-order valence-corrected chi connectivity index (χ0v) is 7.05. The highest BCUT2D eigenvalue weighted by molar-refractivity contribution is 5.72. The summed E-state index contributed by atoms with van der Waals surface area (Å²) in [5.74, 6) is -0.317. The predicted molar refractivity (Wildman–Crippen MR) is 44.9 cm³/mol. The summed E-state index contributed by atoms with van der Waals surface area (Å²) in [5.41, 5.74) is 8.81. The van der Waals surface area contributed by atoms with Gasteiger partial charge in [-0.2, -0.15) is 0 Å². The molecule has 1 atom stereocenters. The van der Waals surface area contributed by atoms with Crippen molar-refractivity contribution in [1.82, 2.24) is 5.32 Å². The summed E-state index contributed by atoms with van der Waals surface area (Å²) in [6, 6.07) is -0.759. The fraction of sp³-hybridized carbons (Fsp3) is 0.571. The maximum absolute atomic E-state index is 10.3. The molecular weight excluding hydrogens is 158 g/mol. The van der Waals surface area contributed by atoms with Crippen molar-refractivity contribution in [3.05, 3.63) is 12.4 Å². The number of aliphatic carboxylic acids is 1. The van der Waals surface area contributed by atoms with Crippen molar-refractivity contribution in [3.8, 4) is 0 Å². The molecule has 0 aromatic heterocycles. The van der Waals surface area contributed by atoms with E-state index in [0.29, 0.717) is 25.2 Å². The Morgan fingerprint density at radius 1 is 1.75 bits per heavy atom. The predicted octanol–water partition coefficient (Wildman–Crippen LogP) is -1.52. The molecule has 0 bridgehead atoms. The highest BCUT2D eigenvalue weighted by Crippen LogP contribution is 1.92. The van der Waals surface area contributed by atoms with Crippen molar-refractivity contribution in [1.29, 1.82) is 0 Å². The van der Waals surface area contributed by atoms with Gasteiger partial charge in [0.2, 0.25) is 0 Å². The van der Waals surface area contributed by atoms with Gasteiger partial charge >= 0.3 is 5.97 Å². The van der Waals surface area contributed by atoms with Crippen molar-refractivity contribution >= 4 is 5.97 Å². The minimum absolute atomic E-state index is 0.468. The Labute approximate surface area is 71.4 Å². The lowest BCUT2D eigenvalue weighted by Gasteiger charge is -2.05. The molecule has 0 heterocycles. The number of nitrogens with two attached hydrogens (primary N) is 1. The molecule has 0 spiro atoms. The lowest BCUT2D eigenvalue weighted by molar-refractivity contribution is -0.310. The molecule has 0 aromatic rings. The van der Waals surface area contributed by atoms with Gasteiger partial charge < -0.3 is 21.9 Å². The molecule has 5 nitrogen and oxygen atoms in total. The van der Waals surface area contributed by atoms with Crippen molar-refractivity contribution < 1.29 is 15.6 Å². The standard InChI is InChI=1S/C7H15N3O2/c1-5(8)10-4-2-3-6(9)7(11)12/h6,10H,1-4,8-9H2,(H,11,12)/p+1. The van der Waals surface area contributed by atoms with E-state index in [0.717, 1.165) is 0 Å². The zero-order valence-electron chi connectivity index (χ0n) is 7.05. The van der Waals surface area contributed by atoms with E-state index in [-0.39, 0.29) is 0 Å². The van der Waals surface area contributed by atoms with Crippen LogP contribution in [0.3, 0.4) is 0 Å². The van der Waals surface area contributed by atoms with E-state index in [1.807, 2.05) is 0 Å². The average molecular weight is 174 g/mol. The minimum atomic E-state index is -0.955. The topological polar surface area (TPSA) is 103 Å². The van der Waals surface area contributed by atoms with Crippen LogP contribution in [0.15, 0.2) is 12.4 Å². The maximum Gasteiger partial charge on any atom is 0.320 e. The van der Waals surface area contributed by atoms with E-state index < -0.39 is 12.0 Å². The summed E-state index contributed by atoms with van der Waals surface area (Å²) in [7, 11) is 0. The Morgan fingerprint density at radius 3 is 2.75 bits per heavy atom. The molecule has 0 rings (SSSR count). The molecule has 1 unspecified atom stereocenters. The molecule has 0 saturated carbocycles. The second-order valence-corrected chi connectivity index (χ2v) is 2.62. The van der Waals surface area contributed by atoms with Crippen molar-refractivity contribution in [3.63, 3.8) is 0 Å². The van der Waals surface area contributed by atoms with Gasteiger partial charge in [-0.05, 0) is 19.4 Å². The van der Waals surface area contributed by atoms with Gasteiger partial charge in [0.15, 0.2) is 5.82 Å². The van der Waals surface area contributed by atoms with Gasteiger partial charge in [0.25, 0.3) is 0 Å². The number of hydrogen-bond acceptors (Lipinski definition) is 3. The lowest BCUT2D eigenvalue weighted by Crippen LogP contribution is -2.53. The van der Waals surface area contributed by atoms with Crippen LogP contribution in [0, 0.1) is 0 Å².